The molecule has 1 aliphatic heterocycles. The summed E-state index contributed by atoms with van der Waals surface area (Å²) in [5, 5.41) is 11.8. The number of hydrogen-bond acceptors (Lipinski definition) is 5. The topological polar surface area (TPSA) is 76.8 Å². The van der Waals surface area contributed by atoms with Crippen LogP contribution in [0.3, 0.4) is 0 Å². The SMILES string of the molecule is COCC1CCN(C(=NCc2ccc(OC)cc2)NCc2nnc(C)n2C)C1.I. The van der Waals surface area contributed by atoms with Gasteiger partial charge in [-0.25, -0.2) is 4.99 Å². The van der Waals surface area contributed by atoms with Crippen LogP contribution in [0.5, 0.6) is 5.75 Å². The zero-order chi connectivity index (χ0) is 19.9. The van der Waals surface area contributed by atoms with E-state index in [0.29, 0.717) is 19.0 Å². The molecule has 0 amide bonds. The highest BCUT2D eigenvalue weighted by atomic mass is 127. The molecule has 8 nitrogen and oxygen atoms in total. The number of likely N-dealkylation sites (tertiary alicyclic amines) is 1. The lowest BCUT2D eigenvalue weighted by Gasteiger charge is -2.22. The van der Waals surface area contributed by atoms with Crippen molar-refractivity contribution in [2.45, 2.75) is 26.4 Å². The molecule has 1 N–H and O–H groups in total. The molecule has 0 aliphatic carbocycles. The first kappa shape index (κ1) is 23.4. The van der Waals surface area contributed by atoms with Crippen LogP contribution in [0.2, 0.25) is 0 Å². The Bertz CT molecular complexity index is 793. The van der Waals surface area contributed by atoms with Crippen molar-refractivity contribution >= 4 is 29.9 Å². The van der Waals surface area contributed by atoms with Gasteiger partial charge in [0.2, 0.25) is 0 Å². The van der Waals surface area contributed by atoms with Gasteiger partial charge < -0.3 is 24.3 Å². The van der Waals surface area contributed by atoms with Crippen molar-refractivity contribution in [2.75, 3.05) is 33.9 Å². The lowest BCUT2D eigenvalue weighted by molar-refractivity contribution is 0.157. The second-order valence-electron chi connectivity index (χ2n) is 7.12. The van der Waals surface area contributed by atoms with Crippen molar-refractivity contribution in [3.63, 3.8) is 0 Å². The van der Waals surface area contributed by atoms with E-state index in [1.807, 2.05) is 42.8 Å². The van der Waals surface area contributed by atoms with Crippen LogP contribution in [0.1, 0.15) is 23.6 Å². The average molecular weight is 514 g/mol. The number of aliphatic imine (C=N–C) groups is 1. The molecule has 0 bridgehead atoms. The highest BCUT2D eigenvalue weighted by Crippen LogP contribution is 2.17. The first-order chi connectivity index (χ1) is 13.6. The van der Waals surface area contributed by atoms with Crippen LogP contribution in [0, 0.1) is 12.8 Å². The molecule has 9 heteroatoms. The van der Waals surface area contributed by atoms with Gasteiger partial charge in [0.05, 0.1) is 26.8 Å². The van der Waals surface area contributed by atoms with Crippen molar-refractivity contribution in [3.05, 3.63) is 41.5 Å². The Kier molecular flexibility index (Phi) is 9.15. The normalized spacial score (nSPS) is 16.6. The van der Waals surface area contributed by atoms with Gasteiger partial charge in [0.15, 0.2) is 11.8 Å². The molecule has 0 radical (unpaired) electrons. The number of nitrogens with one attached hydrogen (secondary N) is 1. The third-order valence-corrected chi connectivity index (χ3v) is 5.15. The highest BCUT2D eigenvalue weighted by Gasteiger charge is 2.25. The second-order valence-corrected chi connectivity index (χ2v) is 7.12. The monoisotopic (exact) mass is 514 g/mol. The summed E-state index contributed by atoms with van der Waals surface area (Å²) in [6, 6.07) is 8.02. The summed E-state index contributed by atoms with van der Waals surface area (Å²) in [6.07, 6.45) is 1.11. The van der Waals surface area contributed by atoms with Gasteiger partial charge in [-0.1, -0.05) is 12.1 Å². The minimum atomic E-state index is 0. The maximum atomic E-state index is 5.33. The summed E-state index contributed by atoms with van der Waals surface area (Å²) in [6.45, 7) is 5.84. The molecular formula is C20H31IN6O2. The predicted octanol–water partition coefficient (Wildman–Crippen LogP) is 2.36. The van der Waals surface area contributed by atoms with Gasteiger partial charge in [-0.05, 0) is 31.0 Å². The molecule has 2 heterocycles. The van der Waals surface area contributed by atoms with Gasteiger partial charge in [0.1, 0.15) is 11.6 Å². The lowest BCUT2D eigenvalue weighted by Crippen LogP contribution is -2.40. The zero-order valence-electron chi connectivity index (χ0n) is 17.6. The van der Waals surface area contributed by atoms with E-state index >= 15 is 0 Å². The highest BCUT2D eigenvalue weighted by molar-refractivity contribution is 14.0. The van der Waals surface area contributed by atoms with Crippen LogP contribution >= 0.6 is 24.0 Å². The van der Waals surface area contributed by atoms with Gasteiger partial charge in [0.25, 0.3) is 0 Å². The Morgan fingerprint density at radius 1 is 1.24 bits per heavy atom. The van der Waals surface area contributed by atoms with E-state index in [1.165, 1.54) is 0 Å². The fraction of sp³-hybridized carbons (Fsp3) is 0.550. The quantitative estimate of drug-likeness (QED) is 0.348. The Hall–Kier alpha value is -1.88. The van der Waals surface area contributed by atoms with Crippen LogP contribution in [-0.2, 0) is 24.9 Å². The number of guanidine groups is 1. The van der Waals surface area contributed by atoms with Crippen molar-refractivity contribution in [1.29, 1.82) is 0 Å². The van der Waals surface area contributed by atoms with Gasteiger partial charge in [-0.2, -0.15) is 0 Å². The van der Waals surface area contributed by atoms with Crippen molar-refractivity contribution in [3.8, 4) is 5.75 Å². The van der Waals surface area contributed by atoms with E-state index < -0.39 is 0 Å². The summed E-state index contributed by atoms with van der Waals surface area (Å²) in [5.74, 6) is 4.08. The van der Waals surface area contributed by atoms with E-state index in [1.54, 1.807) is 14.2 Å². The molecule has 0 spiro atoms. The van der Waals surface area contributed by atoms with E-state index in [0.717, 1.165) is 55.0 Å². The van der Waals surface area contributed by atoms with Crippen LogP contribution in [-0.4, -0.2) is 59.5 Å². The summed E-state index contributed by atoms with van der Waals surface area (Å²) < 4.78 is 12.6. The molecule has 1 atom stereocenters. The van der Waals surface area contributed by atoms with E-state index in [9.17, 15) is 0 Å². The van der Waals surface area contributed by atoms with Gasteiger partial charge in [-0.3, -0.25) is 0 Å². The van der Waals surface area contributed by atoms with Gasteiger partial charge >= 0.3 is 0 Å². The predicted molar refractivity (Wildman–Crippen MR) is 124 cm³/mol. The molecule has 2 aromatic rings. The zero-order valence-corrected chi connectivity index (χ0v) is 19.9. The maximum Gasteiger partial charge on any atom is 0.194 e. The number of ether oxygens (including phenoxy) is 2. The molecule has 29 heavy (non-hydrogen) atoms. The van der Waals surface area contributed by atoms with Crippen LogP contribution in [0.15, 0.2) is 29.3 Å². The van der Waals surface area contributed by atoms with Crippen LogP contribution in [0.4, 0.5) is 0 Å². The van der Waals surface area contributed by atoms with E-state index in [-0.39, 0.29) is 24.0 Å². The molecule has 1 saturated heterocycles. The summed E-state index contributed by atoms with van der Waals surface area (Å²) >= 11 is 0. The third kappa shape index (κ3) is 6.30. The molecule has 0 saturated carbocycles. The molecule has 1 aromatic heterocycles. The van der Waals surface area contributed by atoms with Crippen molar-refractivity contribution < 1.29 is 9.47 Å². The first-order valence-electron chi connectivity index (χ1n) is 9.60. The Morgan fingerprint density at radius 3 is 2.62 bits per heavy atom. The minimum absolute atomic E-state index is 0. The summed E-state index contributed by atoms with van der Waals surface area (Å²) in [5.41, 5.74) is 1.14. The second kappa shape index (κ2) is 11.3. The standard InChI is InChI=1S/C20H30N6O2.HI/c1-15-23-24-19(25(15)2)12-22-20(26-10-9-17(13-26)14-27-3)21-11-16-5-7-18(28-4)8-6-16;/h5-8,17H,9-14H2,1-4H3,(H,21,22);1H. The number of hydrogen-bond donors (Lipinski definition) is 1. The fourth-order valence-corrected chi connectivity index (χ4v) is 3.32. The van der Waals surface area contributed by atoms with Gasteiger partial charge in [0, 0.05) is 33.2 Å². The smallest absolute Gasteiger partial charge is 0.194 e. The molecule has 1 fully saturated rings. The molecule has 3 rings (SSSR count). The first-order valence-corrected chi connectivity index (χ1v) is 9.60. The van der Waals surface area contributed by atoms with Crippen molar-refractivity contribution in [1.82, 2.24) is 25.0 Å². The molecular weight excluding hydrogens is 483 g/mol. The number of aromatic nitrogens is 3. The van der Waals surface area contributed by atoms with E-state index in [2.05, 4.69) is 20.4 Å². The lowest BCUT2D eigenvalue weighted by atomic mass is 10.1. The Balaban J connectivity index is 0.00000300. The molecule has 160 valence electrons. The average Bonchev–Trinajstić information content (AvgIpc) is 3.30. The number of halogens is 1. The minimum Gasteiger partial charge on any atom is -0.497 e. The molecule has 1 aromatic carbocycles. The van der Waals surface area contributed by atoms with E-state index in [4.69, 9.17) is 14.5 Å². The summed E-state index contributed by atoms with van der Waals surface area (Å²) in [7, 11) is 5.41. The Morgan fingerprint density at radius 2 is 2.00 bits per heavy atom. The van der Waals surface area contributed by atoms with Crippen LogP contribution in [0.25, 0.3) is 0 Å². The number of benzene rings is 1. The van der Waals surface area contributed by atoms with Gasteiger partial charge in [-0.15, -0.1) is 34.2 Å². The number of nitrogens with zero attached hydrogens (tertiary/aromatic N) is 5. The Labute approximate surface area is 189 Å². The largest absolute Gasteiger partial charge is 0.497 e. The molecule has 1 unspecified atom stereocenters. The number of rotatable bonds is 7. The third-order valence-electron chi connectivity index (χ3n) is 5.15. The number of methoxy groups -OCH3 is 2. The number of aryl methyl sites for hydroxylation is 1. The van der Waals surface area contributed by atoms with Crippen molar-refractivity contribution in [2.24, 2.45) is 18.0 Å². The fourth-order valence-electron chi connectivity index (χ4n) is 3.32. The molecule has 1 aliphatic rings. The maximum absolute atomic E-state index is 5.33. The van der Waals surface area contributed by atoms with Crippen LogP contribution < -0.4 is 10.1 Å². The summed E-state index contributed by atoms with van der Waals surface area (Å²) in [4.78, 5) is 7.17.